The Morgan fingerprint density at radius 2 is 1.84 bits per heavy atom. The van der Waals surface area contributed by atoms with E-state index in [4.69, 9.17) is 0 Å². The third-order valence-corrected chi connectivity index (χ3v) is 4.86. The predicted octanol–water partition coefficient (Wildman–Crippen LogP) is 3.16. The van der Waals surface area contributed by atoms with Crippen LogP contribution in [0.15, 0.2) is 24.3 Å². The molecule has 0 atom stereocenters. The number of carbonyl (C=O) groups is 2. The summed E-state index contributed by atoms with van der Waals surface area (Å²) in [5, 5.41) is 6.32. The molecule has 1 fully saturated rings. The standard InChI is InChI=1S/C20H31N3O2/c1-15(2)23(16(3)24)14-18-4-7-19(8-5-18)22-20(25)9-6-17-10-12-21-13-11-17/h4-5,7-8,15,17,21H,6,9-14H2,1-3H3,(H,22,25). The van der Waals surface area contributed by atoms with Gasteiger partial charge in [0.1, 0.15) is 0 Å². The molecule has 1 saturated heterocycles. The van der Waals surface area contributed by atoms with Crippen molar-refractivity contribution in [2.24, 2.45) is 5.92 Å². The molecule has 2 amide bonds. The van der Waals surface area contributed by atoms with Crippen LogP contribution in [0.25, 0.3) is 0 Å². The number of amides is 2. The lowest BCUT2D eigenvalue weighted by Crippen LogP contribution is -2.34. The number of rotatable bonds is 7. The first-order valence-corrected chi connectivity index (χ1v) is 9.32. The Kier molecular flexibility index (Phi) is 7.44. The maximum Gasteiger partial charge on any atom is 0.224 e. The second-order valence-electron chi connectivity index (χ2n) is 7.22. The summed E-state index contributed by atoms with van der Waals surface area (Å²) in [6.45, 7) is 8.35. The van der Waals surface area contributed by atoms with Gasteiger partial charge in [0.25, 0.3) is 0 Å². The van der Waals surface area contributed by atoms with E-state index in [1.807, 2.05) is 43.0 Å². The van der Waals surface area contributed by atoms with Crippen molar-refractivity contribution in [1.82, 2.24) is 10.2 Å². The molecule has 5 nitrogen and oxygen atoms in total. The fraction of sp³-hybridized carbons (Fsp3) is 0.600. The minimum atomic E-state index is 0.0743. The van der Waals surface area contributed by atoms with Gasteiger partial charge in [-0.15, -0.1) is 0 Å². The molecule has 2 N–H and O–H groups in total. The zero-order valence-corrected chi connectivity index (χ0v) is 15.7. The lowest BCUT2D eigenvalue weighted by atomic mass is 9.93. The van der Waals surface area contributed by atoms with Crippen molar-refractivity contribution in [3.05, 3.63) is 29.8 Å². The Hall–Kier alpha value is -1.88. The lowest BCUT2D eigenvalue weighted by molar-refractivity contribution is -0.131. The molecule has 1 aliphatic heterocycles. The summed E-state index contributed by atoms with van der Waals surface area (Å²) in [4.78, 5) is 25.6. The van der Waals surface area contributed by atoms with E-state index in [9.17, 15) is 9.59 Å². The Labute approximate surface area is 151 Å². The average Bonchev–Trinajstić information content (AvgIpc) is 2.59. The Morgan fingerprint density at radius 1 is 1.20 bits per heavy atom. The maximum absolute atomic E-state index is 12.1. The number of nitrogens with one attached hydrogen (secondary N) is 2. The van der Waals surface area contributed by atoms with E-state index in [1.54, 1.807) is 6.92 Å². The molecule has 0 aromatic heterocycles. The number of nitrogens with zero attached hydrogens (tertiary/aromatic N) is 1. The number of anilines is 1. The van der Waals surface area contributed by atoms with Crippen LogP contribution in [-0.2, 0) is 16.1 Å². The van der Waals surface area contributed by atoms with E-state index < -0.39 is 0 Å². The molecule has 0 radical (unpaired) electrons. The van der Waals surface area contributed by atoms with E-state index in [0.717, 1.165) is 30.8 Å². The minimum absolute atomic E-state index is 0.0743. The van der Waals surface area contributed by atoms with E-state index in [1.165, 1.54) is 12.8 Å². The van der Waals surface area contributed by atoms with Gasteiger partial charge in [0.2, 0.25) is 11.8 Å². The Balaban J connectivity index is 1.80. The molecule has 0 aliphatic carbocycles. The average molecular weight is 345 g/mol. The van der Waals surface area contributed by atoms with Crippen molar-refractivity contribution in [3.63, 3.8) is 0 Å². The fourth-order valence-corrected chi connectivity index (χ4v) is 3.28. The van der Waals surface area contributed by atoms with Gasteiger partial charge in [-0.1, -0.05) is 12.1 Å². The van der Waals surface area contributed by atoms with Gasteiger partial charge in [0.15, 0.2) is 0 Å². The molecule has 5 heteroatoms. The molecule has 0 saturated carbocycles. The highest BCUT2D eigenvalue weighted by atomic mass is 16.2. The van der Waals surface area contributed by atoms with Crippen molar-refractivity contribution >= 4 is 17.5 Å². The van der Waals surface area contributed by atoms with Gasteiger partial charge in [-0.2, -0.15) is 0 Å². The van der Waals surface area contributed by atoms with Gasteiger partial charge >= 0.3 is 0 Å². The zero-order chi connectivity index (χ0) is 18.2. The summed E-state index contributed by atoms with van der Waals surface area (Å²) in [6.07, 6.45) is 3.89. The third-order valence-electron chi connectivity index (χ3n) is 4.86. The molecule has 25 heavy (non-hydrogen) atoms. The largest absolute Gasteiger partial charge is 0.336 e. The summed E-state index contributed by atoms with van der Waals surface area (Å²) in [7, 11) is 0. The molecular formula is C20H31N3O2. The fourth-order valence-electron chi connectivity index (χ4n) is 3.28. The van der Waals surface area contributed by atoms with Crippen molar-refractivity contribution in [3.8, 4) is 0 Å². The Morgan fingerprint density at radius 3 is 2.40 bits per heavy atom. The molecule has 1 heterocycles. The minimum Gasteiger partial charge on any atom is -0.336 e. The van der Waals surface area contributed by atoms with Crippen LogP contribution in [0, 0.1) is 5.92 Å². The van der Waals surface area contributed by atoms with Gasteiger partial charge in [0.05, 0.1) is 0 Å². The lowest BCUT2D eigenvalue weighted by Gasteiger charge is -2.25. The second kappa shape index (κ2) is 9.56. The van der Waals surface area contributed by atoms with Crippen molar-refractivity contribution < 1.29 is 9.59 Å². The quantitative estimate of drug-likeness (QED) is 0.798. The number of benzene rings is 1. The van der Waals surface area contributed by atoms with Crippen molar-refractivity contribution in [1.29, 1.82) is 0 Å². The summed E-state index contributed by atoms with van der Waals surface area (Å²) < 4.78 is 0. The molecular weight excluding hydrogens is 314 g/mol. The van der Waals surface area contributed by atoms with Gasteiger partial charge in [-0.3, -0.25) is 9.59 Å². The number of carbonyl (C=O) groups excluding carboxylic acids is 2. The predicted molar refractivity (Wildman–Crippen MR) is 101 cm³/mol. The van der Waals surface area contributed by atoms with Gasteiger partial charge in [0, 0.05) is 31.6 Å². The monoisotopic (exact) mass is 345 g/mol. The van der Waals surface area contributed by atoms with Crippen LogP contribution >= 0.6 is 0 Å². The first-order valence-electron chi connectivity index (χ1n) is 9.32. The highest BCUT2D eigenvalue weighted by Gasteiger charge is 2.15. The van der Waals surface area contributed by atoms with Crippen LogP contribution in [0.1, 0.15) is 52.0 Å². The summed E-state index contributed by atoms with van der Waals surface area (Å²) >= 11 is 0. The number of hydrogen-bond acceptors (Lipinski definition) is 3. The molecule has 1 aromatic carbocycles. The molecule has 0 bridgehead atoms. The highest BCUT2D eigenvalue weighted by Crippen LogP contribution is 2.19. The van der Waals surface area contributed by atoms with Crippen LogP contribution in [-0.4, -0.2) is 35.8 Å². The van der Waals surface area contributed by atoms with E-state index in [2.05, 4.69) is 10.6 Å². The zero-order valence-electron chi connectivity index (χ0n) is 15.7. The van der Waals surface area contributed by atoms with Gasteiger partial charge < -0.3 is 15.5 Å². The first kappa shape index (κ1) is 19.4. The highest BCUT2D eigenvalue weighted by molar-refractivity contribution is 5.90. The van der Waals surface area contributed by atoms with Crippen molar-refractivity contribution in [2.75, 3.05) is 18.4 Å². The van der Waals surface area contributed by atoms with E-state index >= 15 is 0 Å². The van der Waals surface area contributed by atoms with Gasteiger partial charge in [-0.05, 0) is 69.8 Å². The molecule has 138 valence electrons. The number of piperidine rings is 1. The van der Waals surface area contributed by atoms with Crippen LogP contribution in [0.4, 0.5) is 5.69 Å². The topological polar surface area (TPSA) is 61.4 Å². The SMILES string of the molecule is CC(=O)N(Cc1ccc(NC(=O)CCC2CCNCC2)cc1)C(C)C. The van der Waals surface area contributed by atoms with Crippen LogP contribution in [0.5, 0.6) is 0 Å². The Bertz CT molecular complexity index is 563. The number of hydrogen-bond donors (Lipinski definition) is 2. The second-order valence-corrected chi connectivity index (χ2v) is 7.22. The molecule has 1 aliphatic rings. The molecule has 1 aromatic rings. The van der Waals surface area contributed by atoms with Crippen LogP contribution in [0.2, 0.25) is 0 Å². The maximum atomic E-state index is 12.1. The normalized spacial score (nSPS) is 15.2. The molecule has 2 rings (SSSR count). The first-order chi connectivity index (χ1) is 12.0. The van der Waals surface area contributed by atoms with Gasteiger partial charge in [-0.25, -0.2) is 0 Å². The molecule has 0 unspecified atom stereocenters. The van der Waals surface area contributed by atoms with Crippen LogP contribution in [0.3, 0.4) is 0 Å². The summed E-state index contributed by atoms with van der Waals surface area (Å²) in [5.41, 5.74) is 1.88. The summed E-state index contributed by atoms with van der Waals surface area (Å²) in [6, 6.07) is 7.95. The van der Waals surface area contributed by atoms with E-state index in [0.29, 0.717) is 18.9 Å². The summed E-state index contributed by atoms with van der Waals surface area (Å²) in [5.74, 6) is 0.826. The van der Waals surface area contributed by atoms with Crippen molar-refractivity contribution in [2.45, 2.75) is 59.0 Å². The third kappa shape index (κ3) is 6.50. The van der Waals surface area contributed by atoms with E-state index in [-0.39, 0.29) is 17.9 Å². The smallest absolute Gasteiger partial charge is 0.224 e. The molecule has 0 spiro atoms. The van der Waals surface area contributed by atoms with Crippen LogP contribution < -0.4 is 10.6 Å².